The SMILES string of the molecule is N#C/C(=C\c1cccs1)C(=O)Nc1ncc(Cc2cccc(Cl)c2Cl)s1. The van der Waals surface area contributed by atoms with Crippen LogP contribution in [0.1, 0.15) is 15.3 Å². The maximum atomic E-state index is 12.3. The molecule has 0 unspecified atom stereocenters. The lowest BCUT2D eigenvalue weighted by molar-refractivity contribution is -0.112. The number of thiazole rings is 1. The molecule has 26 heavy (non-hydrogen) atoms. The zero-order valence-corrected chi connectivity index (χ0v) is 16.3. The number of carbonyl (C=O) groups excluding carboxylic acids is 1. The van der Waals surface area contributed by atoms with E-state index in [1.165, 1.54) is 22.7 Å². The second kappa shape index (κ2) is 8.47. The zero-order chi connectivity index (χ0) is 18.5. The van der Waals surface area contributed by atoms with Crippen LogP contribution in [0.4, 0.5) is 5.13 Å². The second-order valence-electron chi connectivity index (χ2n) is 5.16. The van der Waals surface area contributed by atoms with Gasteiger partial charge >= 0.3 is 0 Å². The summed E-state index contributed by atoms with van der Waals surface area (Å²) in [6, 6.07) is 11.1. The summed E-state index contributed by atoms with van der Waals surface area (Å²) in [5, 5.41) is 15.2. The second-order valence-corrected chi connectivity index (χ2v) is 8.04. The number of thiophene rings is 1. The Morgan fingerprint density at radius 3 is 2.88 bits per heavy atom. The molecule has 0 aliphatic rings. The molecule has 1 N–H and O–H groups in total. The zero-order valence-electron chi connectivity index (χ0n) is 13.2. The van der Waals surface area contributed by atoms with E-state index in [0.717, 1.165) is 15.3 Å². The van der Waals surface area contributed by atoms with Gasteiger partial charge in [-0.1, -0.05) is 41.4 Å². The van der Waals surface area contributed by atoms with Gasteiger partial charge in [0.15, 0.2) is 5.13 Å². The Hall–Kier alpha value is -2.17. The third kappa shape index (κ3) is 4.51. The maximum absolute atomic E-state index is 12.3. The van der Waals surface area contributed by atoms with Crippen LogP contribution < -0.4 is 5.32 Å². The fourth-order valence-corrected chi connectivity index (χ4v) is 4.02. The van der Waals surface area contributed by atoms with E-state index in [4.69, 9.17) is 23.2 Å². The average molecular weight is 420 g/mol. The Labute approximate surface area is 168 Å². The Morgan fingerprint density at radius 1 is 1.31 bits per heavy atom. The molecule has 0 spiro atoms. The molecule has 4 nitrogen and oxygen atoms in total. The fraction of sp³-hybridized carbons (Fsp3) is 0.0556. The molecule has 0 radical (unpaired) electrons. The maximum Gasteiger partial charge on any atom is 0.268 e. The van der Waals surface area contributed by atoms with Gasteiger partial charge in [0, 0.05) is 22.4 Å². The first kappa shape index (κ1) is 18.6. The van der Waals surface area contributed by atoms with Crippen LogP contribution in [0, 0.1) is 11.3 Å². The molecule has 130 valence electrons. The summed E-state index contributed by atoms with van der Waals surface area (Å²) >= 11 is 15.0. The fourth-order valence-electron chi connectivity index (χ4n) is 2.15. The Bertz CT molecular complexity index is 1000. The summed E-state index contributed by atoms with van der Waals surface area (Å²) in [6.45, 7) is 0. The van der Waals surface area contributed by atoms with Crippen molar-refractivity contribution >= 4 is 63.0 Å². The van der Waals surface area contributed by atoms with E-state index in [-0.39, 0.29) is 5.57 Å². The molecule has 1 amide bonds. The highest BCUT2D eigenvalue weighted by atomic mass is 35.5. The van der Waals surface area contributed by atoms with Gasteiger partial charge in [0.05, 0.1) is 10.0 Å². The molecule has 1 aromatic carbocycles. The number of nitrogens with zero attached hydrogens (tertiary/aromatic N) is 2. The van der Waals surface area contributed by atoms with Crippen molar-refractivity contribution in [2.24, 2.45) is 0 Å². The molecule has 0 saturated heterocycles. The van der Waals surface area contributed by atoms with Gasteiger partial charge in [-0.3, -0.25) is 10.1 Å². The first-order chi connectivity index (χ1) is 12.6. The van der Waals surface area contributed by atoms with Crippen molar-refractivity contribution in [3.8, 4) is 6.07 Å². The van der Waals surface area contributed by atoms with Gasteiger partial charge in [-0.05, 0) is 29.2 Å². The summed E-state index contributed by atoms with van der Waals surface area (Å²) < 4.78 is 0. The van der Waals surface area contributed by atoms with E-state index in [2.05, 4.69) is 10.3 Å². The van der Waals surface area contributed by atoms with Gasteiger partial charge in [0.25, 0.3) is 5.91 Å². The number of anilines is 1. The first-order valence-corrected chi connectivity index (χ1v) is 9.86. The standard InChI is InChI=1S/C18H11Cl2N3OS2/c19-15-5-1-3-11(16(15)20)7-14-10-22-18(26-14)23-17(24)12(9-21)8-13-4-2-6-25-13/h1-6,8,10H,7H2,(H,22,23,24)/b12-8+. The smallest absolute Gasteiger partial charge is 0.268 e. The molecule has 0 fully saturated rings. The topological polar surface area (TPSA) is 65.8 Å². The van der Waals surface area contributed by atoms with E-state index in [0.29, 0.717) is 21.6 Å². The van der Waals surface area contributed by atoms with Gasteiger partial charge in [0.2, 0.25) is 0 Å². The van der Waals surface area contributed by atoms with Crippen molar-refractivity contribution in [1.82, 2.24) is 4.98 Å². The quantitative estimate of drug-likeness (QED) is 0.429. The Kier molecular flexibility index (Phi) is 6.07. The predicted octanol–water partition coefficient (Wildman–Crippen LogP) is 5.65. The minimum Gasteiger partial charge on any atom is -0.297 e. The lowest BCUT2D eigenvalue weighted by atomic mass is 10.1. The van der Waals surface area contributed by atoms with Crippen LogP contribution >= 0.6 is 45.9 Å². The van der Waals surface area contributed by atoms with Crippen LogP contribution in [0.15, 0.2) is 47.5 Å². The molecule has 8 heteroatoms. The first-order valence-electron chi connectivity index (χ1n) is 7.41. The highest BCUT2D eigenvalue weighted by Crippen LogP contribution is 2.29. The van der Waals surface area contributed by atoms with E-state index < -0.39 is 5.91 Å². The van der Waals surface area contributed by atoms with Crippen molar-refractivity contribution < 1.29 is 4.79 Å². The Morgan fingerprint density at radius 2 is 2.15 bits per heavy atom. The van der Waals surface area contributed by atoms with Crippen LogP contribution in [0.5, 0.6) is 0 Å². The van der Waals surface area contributed by atoms with Crippen molar-refractivity contribution in [2.75, 3.05) is 5.32 Å². The average Bonchev–Trinajstić information content (AvgIpc) is 3.29. The van der Waals surface area contributed by atoms with Crippen LogP contribution in [-0.4, -0.2) is 10.9 Å². The summed E-state index contributed by atoms with van der Waals surface area (Å²) in [5.74, 6) is -0.484. The number of aromatic nitrogens is 1. The molecule has 0 atom stereocenters. The molecular formula is C18H11Cl2N3OS2. The van der Waals surface area contributed by atoms with Crippen molar-refractivity contribution in [2.45, 2.75) is 6.42 Å². The third-order valence-corrected chi connectivity index (χ3v) is 5.96. The third-order valence-electron chi connectivity index (χ3n) is 3.37. The molecule has 2 aromatic heterocycles. The largest absolute Gasteiger partial charge is 0.297 e. The number of carbonyl (C=O) groups is 1. The highest BCUT2D eigenvalue weighted by Gasteiger charge is 2.13. The molecule has 0 aliphatic carbocycles. The monoisotopic (exact) mass is 419 g/mol. The minimum atomic E-state index is -0.484. The van der Waals surface area contributed by atoms with E-state index in [1.54, 1.807) is 18.3 Å². The van der Waals surface area contributed by atoms with Gasteiger partial charge in [-0.2, -0.15) is 5.26 Å². The number of benzene rings is 1. The molecule has 2 heterocycles. The number of nitrogens with one attached hydrogen (secondary N) is 1. The van der Waals surface area contributed by atoms with Gasteiger partial charge in [-0.15, -0.1) is 22.7 Å². The van der Waals surface area contributed by atoms with Gasteiger partial charge in [0.1, 0.15) is 11.6 Å². The predicted molar refractivity (Wildman–Crippen MR) is 108 cm³/mol. The molecule has 3 rings (SSSR count). The van der Waals surface area contributed by atoms with E-state index in [9.17, 15) is 10.1 Å². The summed E-state index contributed by atoms with van der Waals surface area (Å²) in [6.07, 6.45) is 3.79. The van der Waals surface area contributed by atoms with Gasteiger partial charge < -0.3 is 0 Å². The van der Waals surface area contributed by atoms with Crippen molar-refractivity contribution in [3.05, 3.63) is 72.8 Å². The highest BCUT2D eigenvalue weighted by molar-refractivity contribution is 7.15. The number of nitriles is 1. The lowest BCUT2D eigenvalue weighted by Crippen LogP contribution is -2.13. The van der Waals surface area contributed by atoms with Crippen molar-refractivity contribution in [1.29, 1.82) is 5.26 Å². The van der Waals surface area contributed by atoms with E-state index in [1.807, 2.05) is 35.7 Å². The van der Waals surface area contributed by atoms with Crippen molar-refractivity contribution in [3.63, 3.8) is 0 Å². The number of hydrogen-bond acceptors (Lipinski definition) is 5. The number of amides is 1. The van der Waals surface area contributed by atoms with Crippen LogP contribution in [0.3, 0.4) is 0 Å². The molecule has 0 saturated carbocycles. The normalized spacial score (nSPS) is 11.2. The van der Waals surface area contributed by atoms with Gasteiger partial charge in [-0.25, -0.2) is 4.98 Å². The van der Waals surface area contributed by atoms with Crippen LogP contribution in [0.25, 0.3) is 6.08 Å². The summed E-state index contributed by atoms with van der Waals surface area (Å²) in [7, 11) is 0. The van der Waals surface area contributed by atoms with Crippen LogP contribution in [-0.2, 0) is 11.2 Å². The minimum absolute atomic E-state index is 0.0297. The number of hydrogen-bond donors (Lipinski definition) is 1. The summed E-state index contributed by atoms with van der Waals surface area (Å²) in [4.78, 5) is 18.2. The summed E-state index contributed by atoms with van der Waals surface area (Å²) in [5.41, 5.74) is 0.915. The van der Waals surface area contributed by atoms with Crippen LogP contribution in [0.2, 0.25) is 10.0 Å². The molecule has 3 aromatic rings. The number of rotatable bonds is 5. The molecular weight excluding hydrogens is 409 g/mol. The molecule has 0 aliphatic heterocycles. The number of halogens is 2. The Balaban J connectivity index is 1.71. The molecule has 0 bridgehead atoms. The lowest BCUT2D eigenvalue weighted by Gasteiger charge is -2.03. The van der Waals surface area contributed by atoms with E-state index >= 15 is 0 Å².